The maximum absolute atomic E-state index is 13.9. The minimum atomic E-state index is -1.66. The predicted molar refractivity (Wildman–Crippen MR) is 69.3 cm³/mol. The summed E-state index contributed by atoms with van der Waals surface area (Å²) >= 11 is 1.32. The van der Waals surface area contributed by atoms with Crippen molar-refractivity contribution in [3.63, 3.8) is 0 Å². The van der Waals surface area contributed by atoms with Gasteiger partial charge in [-0.1, -0.05) is 12.1 Å². The van der Waals surface area contributed by atoms with E-state index in [0.29, 0.717) is 0 Å². The molecule has 0 aliphatic rings. The van der Waals surface area contributed by atoms with Crippen LogP contribution in [-0.4, -0.2) is 11.1 Å². The summed E-state index contributed by atoms with van der Waals surface area (Å²) < 4.78 is 40.2. The van der Waals surface area contributed by atoms with Gasteiger partial charge in [-0.25, -0.2) is 13.2 Å². The Kier molecular flexibility index (Phi) is 3.85. The van der Waals surface area contributed by atoms with Crippen molar-refractivity contribution in [2.24, 2.45) is 0 Å². The van der Waals surface area contributed by atoms with Gasteiger partial charge in [0.15, 0.2) is 17.5 Å². The van der Waals surface area contributed by atoms with E-state index in [1.165, 1.54) is 18.3 Å². The lowest BCUT2D eigenvalue weighted by molar-refractivity contribution is -0.143. The molecule has 0 aliphatic heterocycles. The highest BCUT2D eigenvalue weighted by molar-refractivity contribution is 7.09. The highest BCUT2D eigenvalue weighted by atomic mass is 32.1. The molecule has 0 saturated heterocycles. The summed E-state index contributed by atoms with van der Waals surface area (Å²) in [7, 11) is 0. The SMILES string of the molecule is CC(Cc1cccs1)(C(=O)O)c1ccc(F)c(F)c1F. The number of aliphatic carboxylic acids is 1. The summed E-state index contributed by atoms with van der Waals surface area (Å²) in [6.07, 6.45) is 0.00198. The Bertz CT molecular complexity index is 640. The fourth-order valence-electron chi connectivity index (χ4n) is 2.00. The minimum Gasteiger partial charge on any atom is -0.481 e. The van der Waals surface area contributed by atoms with Gasteiger partial charge in [-0.05, 0) is 24.4 Å². The second-order valence-electron chi connectivity index (χ2n) is 4.62. The third kappa shape index (κ3) is 2.43. The van der Waals surface area contributed by atoms with Crippen LogP contribution < -0.4 is 0 Å². The number of carboxylic acids is 1. The average Bonchev–Trinajstić information content (AvgIpc) is 2.88. The quantitative estimate of drug-likeness (QED) is 0.873. The Balaban J connectivity index is 2.53. The number of hydrogen-bond acceptors (Lipinski definition) is 2. The Hall–Kier alpha value is -1.82. The topological polar surface area (TPSA) is 37.3 Å². The molecule has 106 valence electrons. The summed E-state index contributed by atoms with van der Waals surface area (Å²) in [5.74, 6) is -5.74. The van der Waals surface area contributed by atoms with Crippen molar-refractivity contribution < 1.29 is 23.1 Å². The summed E-state index contributed by atoms with van der Waals surface area (Å²) in [6, 6.07) is 5.17. The first-order valence-corrected chi connectivity index (χ1v) is 6.64. The molecule has 1 aromatic heterocycles. The number of hydrogen-bond donors (Lipinski definition) is 1. The van der Waals surface area contributed by atoms with Crippen LogP contribution in [0.1, 0.15) is 17.4 Å². The number of halogens is 3. The van der Waals surface area contributed by atoms with E-state index in [2.05, 4.69) is 0 Å². The molecule has 0 spiro atoms. The predicted octanol–water partition coefficient (Wildman–Crippen LogP) is 3.75. The van der Waals surface area contributed by atoms with Crippen LogP contribution in [0.4, 0.5) is 13.2 Å². The van der Waals surface area contributed by atoms with Crippen LogP contribution in [0.15, 0.2) is 29.6 Å². The molecule has 1 atom stereocenters. The zero-order chi connectivity index (χ0) is 14.9. The largest absolute Gasteiger partial charge is 0.481 e. The van der Waals surface area contributed by atoms with E-state index in [0.717, 1.165) is 17.0 Å². The van der Waals surface area contributed by atoms with Gasteiger partial charge >= 0.3 is 5.97 Å². The van der Waals surface area contributed by atoms with Gasteiger partial charge < -0.3 is 5.11 Å². The van der Waals surface area contributed by atoms with Crippen molar-refractivity contribution in [1.29, 1.82) is 0 Å². The van der Waals surface area contributed by atoms with Gasteiger partial charge in [-0.2, -0.15) is 0 Å². The van der Waals surface area contributed by atoms with Crippen molar-refractivity contribution >= 4 is 17.3 Å². The molecule has 6 heteroatoms. The molecule has 1 N–H and O–H groups in total. The fraction of sp³-hybridized carbons (Fsp3) is 0.214. The van der Waals surface area contributed by atoms with Crippen LogP contribution in [0.5, 0.6) is 0 Å². The third-order valence-corrected chi connectivity index (χ3v) is 4.09. The normalized spacial score (nSPS) is 14.0. The number of carbonyl (C=O) groups is 1. The van der Waals surface area contributed by atoms with E-state index in [1.807, 2.05) is 0 Å². The van der Waals surface area contributed by atoms with E-state index >= 15 is 0 Å². The van der Waals surface area contributed by atoms with Gasteiger partial charge in [0.25, 0.3) is 0 Å². The molecule has 1 aromatic carbocycles. The molecular formula is C14H11F3O2S. The maximum Gasteiger partial charge on any atom is 0.314 e. The van der Waals surface area contributed by atoms with E-state index in [-0.39, 0.29) is 12.0 Å². The van der Waals surface area contributed by atoms with E-state index in [1.54, 1.807) is 17.5 Å². The highest BCUT2D eigenvalue weighted by Crippen LogP contribution is 2.33. The highest BCUT2D eigenvalue weighted by Gasteiger charge is 2.39. The molecule has 2 aromatic rings. The summed E-state index contributed by atoms with van der Waals surface area (Å²) in [6.45, 7) is 1.30. The molecule has 0 saturated carbocycles. The Labute approximate surface area is 117 Å². The first kappa shape index (κ1) is 14.6. The van der Waals surface area contributed by atoms with E-state index in [9.17, 15) is 23.1 Å². The van der Waals surface area contributed by atoms with Crippen LogP contribution in [0, 0.1) is 17.5 Å². The van der Waals surface area contributed by atoms with Crippen molar-refractivity contribution in [3.8, 4) is 0 Å². The zero-order valence-electron chi connectivity index (χ0n) is 10.5. The van der Waals surface area contributed by atoms with Crippen molar-refractivity contribution in [3.05, 3.63) is 57.5 Å². The molecule has 1 heterocycles. The van der Waals surface area contributed by atoms with Gasteiger partial charge in [0.2, 0.25) is 0 Å². The van der Waals surface area contributed by atoms with Crippen LogP contribution in [-0.2, 0) is 16.6 Å². The van der Waals surface area contributed by atoms with Gasteiger partial charge in [0.05, 0.1) is 5.41 Å². The Morgan fingerprint density at radius 3 is 2.50 bits per heavy atom. The lowest BCUT2D eigenvalue weighted by Crippen LogP contribution is -2.36. The number of thiophene rings is 1. The number of benzene rings is 1. The molecule has 0 amide bonds. The Morgan fingerprint density at radius 2 is 1.95 bits per heavy atom. The minimum absolute atomic E-state index is 0.00198. The molecular weight excluding hydrogens is 289 g/mol. The van der Waals surface area contributed by atoms with Crippen molar-refractivity contribution in [2.75, 3.05) is 0 Å². The first-order chi connectivity index (χ1) is 9.36. The second-order valence-corrected chi connectivity index (χ2v) is 5.65. The molecule has 2 rings (SSSR count). The molecule has 20 heavy (non-hydrogen) atoms. The summed E-state index contributed by atoms with van der Waals surface area (Å²) in [5.41, 5.74) is -2.03. The number of carboxylic acid groups (broad SMARTS) is 1. The van der Waals surface area contributed by atoms with Crippen LogP contribution in [0.3, 0.4) is 0 Å². The van der Waals surface area contributed by atoms with Gasteiger partial charge in [0.1, 0.15) is 0 Å². The molecule has 0 fully saturated rings. The lowest BCUT2D eigenvalue weighted by Gasteiger charge is -2.25. The lowest BCUT2D eigenvalue weighted by atomic mass is 9.78. The van der Waals surface area contributed by atoms with Gasteiger partial charge in [0, 0.05) is 16.9 Å². The fourth-order valence-corrected chi connectivity index (χ4v) is 2.86. The molecule has 2 nitrogen and oxygen atoms in total. The van der Waals surface area contributed by atoms with E-state index < -0.39 is 28.8 Å². The van der Waals surface area contributed by atoms with Crippen LogP contribution >= 0.6 is 11.3 Å². The van der Waals surface area contributed by atoms with Crippen molar-refractivity contribution in [1.82, 2.24) is 0 Å². The van der Waals surface area contributed by atoms with Crippen molar-refractivity contribution in [2.45, 2.75) is 18.8 Å². The van der Waals surface area contributed by atoms with Gasteiger partial charge in [-0.15, -0.1) is 11.3 Å². The molecule has 0 radical (unpaired) electrons. The third-order valence-electron chi connectivity index (χ3n) is 3.21. The smallest absolute Gasteiger partial charge is 0.314 e. The standard InChI is InChI=1S/C14H11F3O2S/c1-14(13(18)19,7-8-3-2-6-20-8)9-4-5-10(15)12(17)11(9)16/h2-6H,7H2,1H3,(H,18,19). The Morgan fingerprint density at radius 1 is 1.25 bits per heavy atom. The summed E-state index contributed by atoms with van der Waals surface area (Å²) in [4.78, 5) is 12.2. The maximum atomic E-state index is 13.9. The van der Waals surface area contributed by atoms with E-state index in [4.69, 9.17) is 0 Å². The molecule has 0 bridgehead atoms. The van der Waals surface area contributed by atoms with Crippen LogP contribution in [0.25, 0.3) is 0 Å². The summed E-state index contributed by atoms with van der Waals surface area (Å²) in [5, 5.41) is 11.2. The van der Waals surface area contributed by atoms with Gasteiger partial charge in [-0.3, -0.25) is 4.79 Å². The zero-order valence-corrected chi connectivity index (χ0v) is 11.3. The number of rotatable bonds is 4. The molecule has 1 unspecified atom stereocenters. The average molecular weight is 300 g/mol. The second kappa shape index (κ2) is 5.28. The van der Waals surface area contributed by atoms with Crippen LogP contribution in [0.2, 0.25) is 0 Å². The monoisotopic (exact) mass is 300 g/mol. The molecule has 0 aliphatic carbocycles. The first-order valence-electron chi connectivity index (χ1n) is 5.76.